The normalized spacial score (nSPS) is 12.2. The van der Waals surface area contributed by atoms with E-state index in [0.29, 0.717) is 16.8 Å². The number of benzene rings is 3. The van der Waals surface area contributed by atoms with Crippen LogP contribution in [0, 0.1) is 0 Å². The predicted octanol–water partition coefficient (Wildman–Crippen LogP) is 5.46. The smallest absolute Gasteiger partial charge is 0.251 e. The Morgan fingerprint density at radius 2 is 1.67 bits per heavy atom. The zero-order valence-corrected chi connectivity index (χ0v) is 20.7. The monoisotopic (exact) mass is 506 g/mol. The van der Waals surface area contributed by atoms with E-state index in [2.05, 4.69) is 5.32 Å². The third-order valence-electron chi connectivity index (χ3n) is 5.11. The lowest BCUT2D eigenvalue weighted by Crippen LogP contribution is -2.29. The van der Waals surface area contributed by atoms with Gasteiger partial charge >= 0.3 is 0 Å². The fraction of sp³-hybridized carbons (Fsp3) is 0.208. The van der Waals surface area contributed by atoms with E-state index in [9.17, 15) is 13.2 Å². The maximum atomic E-state index is 12.7. The van der Waals surface area contributed by atoms with Crippen LogP contribution in [0.4, 0.5) is 5.69 Å². The molecule has 1 unspecified atom stereocenters. The van der Waals surface area contributed by atoms with Gasteiger partial charge in [0, 0.05) is 5.56 Å². The molecular weight excluding hydrogens is 483 g/mol. The number of anilines is 1. The molecule has 0 bridgehead atoms. The van der Waals surface area contributed by atoms with E-state index >= 15 is 0 Å². The van der Waals surface area contributed by atoms with Crippen LogP contribution in [-0.2, 0) is 16.6 Å². The number of sulfonamides is 1. The van der Waals surface area contributed by atoms with Gasteiger partial charge in [0.1, 0.15) is 5.75 Å². The predicted molar refractivity (Wildman–Crippen MR) is 133 cm³/mol. The van der Waals surface area contributed by atoms with Gasteiger partial charge in [0.15, 0.2) is 0 Å². The Hall–Kier alpha value is -2.74. The van der Waals surface area contributed by atoms with E-state index in [1.54, 1.807) is 49.6 Å². The molecule has 3 rings (SSSR count). The Morgan fingerprint density at radius 3 is 2.24 bits per heavy atom. The molecule has 0 aliphatic carbocycles. The van der Waals surface area contributed by atoms with Crippen LogP contribution in [0.3, 0.4) is 0 Å². The second-order valence-corrected chi connectivity index (χ2v) is 10.2. The average molecular weight is 507 g/mol. The first-order chi connectivity index (χ1) is 15.6. The third-order valence-corrected chi connectivity index (χ3v) is 7.04. The summed E-state index contributed by atoms with van der Waals surface area (Å²) < 4.78 is 31.2. The highest BCUT2D eigenvalue weighted by Crippen LogP contribution is 2.34. The van der Waals surface area contributed by atoms with Gasteiger partial charge in [-0.3, -0.25) is 9.10 Å². The molecule has 33 heavy (non-hydrogen) atoms. The number of carbonyl (C=O) groups is 1. The number of ether oxygens (including phenoxy) is 1. The number of nitrogens with zero attached hydrogens (tertiary/aromatic N) is 1. The van der Waals surface area contributed by atoms with Crippen molar-refractivity contribution in [2.75, 3.05) is 17.7 Å². The molecule has 0 spiro atoms. The number of halogens is 2. The first-order valence-electron chi connectivity index (χ1n) is 10.1. The lowest BCUT2D eigenvalue weighted by atomic mass is 10.1. The molecule has 1 N–H and O–H groups in total. The number of rotatable bonds is 8. The SMILES string of the molecule is COc1ccc(C(C)NC(=O)c2ccc(CN(c3cccc(Cl)c3Cl)S(C)(=O)=O)cc2)cc1. The summed E-state index contributed by atoms with van der Waals surface area (Å²) in [5.74, 6) is 0.512. The molecule has 0 saturated carbocycles. The minimum Gasteiger partial charge on any atom is -0.497 e. The quantitative estimate of drug-likeness (QED) is 0.440. The molecule has 9 heteroatoms. The first-order valence-corrected chi connectivity index (χ1v) is 12.7. The highest BCUT2D eigenvalue weighted by Gasteiger charge is 2.22. The van der Waals surface area contributed by atoms with Gasteiger partial charge in [0.05, 0.1) is 41.7 Å². The molecule has 0 aliphatic rings. The van der Waals surface area contributed by atoms with E-state index in [-0.39, 0.29) is 28.5 Å². The van der Waals surface area contributed by atoms with E-state index < -0.39 is 10.0 Å². The topological polar surface area (TPSA) is 75.7 Å². The summed E-state index contributed by atoms with van der Waals surface area (Å²) in [4.78, 5) is 12.7. The van der Waals surface area contributed by atoms with E-state index in [1.165, 1.54) is 4.31 Å². The third kappa shape index (κ3) is 6.19. The number of hydrogen-bond donors (Lipinski definition) is 1. The highest BCUT2D eigenvalue weighted by atomic mass is 35.5. The van der Waals surface area contributed by atoms with Gasteiger partial charge in [-0.1, -0.05) is 53.5 Å². The summed E-state index contributed by atoms with van der Waals surface area (Å²) in [5, 5.41) is 3.38. The molecule has 3 aromatic rings. The van der Waals surface area contributed by atoms with Crippen molar-refractivity contribution in [3.05, 3.63) is 93.5 Å². The zero-order valence-electron chi connectivity index (χ0n) is 18.4. The molecule has 6 nitrogen and oxygen atoms in total. The molecule has 0 heterocycles. The Balaban J connectivity index is 1.74. The number of amides is 1. The van der Waals surface area contributed by atoms with Gasteiger partial charge in [-0.25, -0.2) is 8.42 Å². The standard InChI is InChI=1S/C24H24Cl2N2O4S/c1-16(18-11-13-20(32-2)14-12-18)27-24(29)19-9-7-17(8-10-19)15-28(33(3,30)31)22-6-4-5-21(25)23(22)26/h4-14,16H,15H2,1-3H3,(H,27,29). The van der Waals surface area contributed by atoms with Crippen molar-refractivity contribution < 1.29 is 17.9 Å². The Labute approximate surface area is 204 Å². The fourth-order valence-electron chi connectivity index (χ4n) is 3.25. The van der Waals surface area contributed by atoms with Crippen LogP contribution in [0.1, 0.15) is 34.5 Å². The second kappa shape index (κ2) is 10.5. The van der Waals surface area contributed by atoms with Crippen LogP contribution in [0.15, 0.2) is 66.7 Å². The summed E-state index contributed by atoms with van der Waals surface area (Å²) in [5.41, 5.74) is 2.40. The van der Waals surface area contributed by atoms with Crippen LogP contribution >= 0.6 is 23.2 Å². The molecule has 174 valence electrons. The molecule has 0 saturated heterocycles. The summed E-state index contributed by atoms with van der Waals surface area (Å²) in [6, 6.07) is 18.8. The molecule has 1 atom stereocenters. The van der Waals surface area contributed by atoms with Crippen LogP contribution < -0.4 is 14.4 Å². The van der Waals surface area contributed by atoms with Gasteiger partial charge in [-0.2, -0.15) is 0 Å². The van der Waals surface area contributed by atoms with Gasteiger partial charge in [0.25, 0.3) is 5.91 Å². The van der Waals surface area contributed by atoms with Gasteiger partial charge in [-0.15, -0.1) is 0 Å². The minimum atomic E-state index is -3.63. The zero-order chi connectivity index (χ0) is 24.2. The van der Waals surface area contributed by atoms with E-state index in [4.69, 9.17) is 27.9 Å². The van der Waals surface area contributed by atoms with Gasteiger partial charge in [-0.05, 0) is 54.4 Å². The lowest BCUT2D eigenvalue weighted by Gasteiger charge is -2.24. The van der Waals surface area contributed by atoms with Gasteiger partial charge in [0.2, 0.25) is 10.0 Å². The van der Waals surface area contributed by atoms with Crippen LogP contribution in [-0.4, -0.2) is 27.7 Å². The first kappa shape index (κ1) is 24.9. The Kier molecular flexibility index (Phi) is 7.89. The Bertz CT molecular complexity index is 1230. The lowest BCUT2D eigenvalue weighted by molar-refractivity contribution is 0.0940. The summed E-state index contributed by atoms with van der Waals surface area (Å²) in [7, 11) is -2.03. The van der Waals surface area contributed by atoms with Crippen molar-refractivity contribution in [1.82, 2.24) is 5.32 Å². The van der Waals surface area contributed by atoms with Crippen molar-refractivity contribution in [2.24, 2.45) is 0 Å². The molecule has 0 aliphatic heterocycles. The van der Waals surface area contributed by atoms with Crippen molar-refractivity contribution >= 4 is 44.8 Å². The van der Waals surface area contributed by atoms with Crippen molar-refractivity contribution in [2.45, 2.75) is 19.5 Å². The molecule has 3 aromatic carbocycles. The minimum absolute atomic E-state index is 0.0447. The van der Waals surface area contributed by atoms with E-state index in [1.807, 2.05) is 31.2 Å². The fourth-order valence-corrected chi connectivity index (χ4v) is 4.59. The molecule has 0 fully saturated rings. The molecule has 1 amide bonds. The number of nitrogens with one attached hydrogen (secondary N) is 1. The molecule has 0 radical (unpaired) electrons. The van der Waals surface area contributed by atoms with Crippen molar-refractivity contribution in [3.8, 4) is 5.75 Å². The number of carbonyl (C=O) groups excluding carboxylic acids is 1. The summed E-state index contributed by atoms with van der Waals surface area (Å²) in [6.07, 6.45) is 1.10. The maximum absolute atomic E-state index is 12.7. The molecular formula is C24H24Cl2N2O4S. The number of methoxy groups -OCH3 is 1. The maximum Gasteiger partial charge on any atom is 0.251 e. The van der Waals surface area contributed by atoms with Gasteiger partial charge < -0.3 is 10.1 Å². The number of hydrogen-bond acceptors (Lipinski definition) is 4. The summed E-state index contributed by atoms with van der Waals surface area (Å²) in [6.45, 7) is 1.94. The Morgan fingerprint density at radius 1 is 1.03 bits per heavy atom. The van der Waals surface area contributed by atoms with E-state index in [0.717, 1.165) is 17.6 Å². The highest BCUT2D eigenvalue weighted by molar-refractivity contribution is 7.92. The van der Waals surface area contributed by atoms with Crippen LogP contribution in [0.2, 0.25) is 10.0 Å². The molecule has 0 aromatic heterocycles. The van der Waals surface area contributed by atoms with Crippen LogP contribution in [0.25, 0.3) is 0 Å². The van der Waals surface area contributed by atoms with Crippen LogP contribution in [0.5, 0.6) is 5.75 Å². The summed E-state index contributed by atoms with van der Waals surface area (Å²) >= 11 is 12.3. The van der Waals surface area contributed by atoms with Crippen molar-refractivity contribution in [1.29, 1.82) is 0 Å². The average Bonchev–Trinajstić information content (AvgIpc) is 2.79. The largest absolute Gasteiger partial charge is 0.497 e. The second-order valence-electron chi connectivity index (χ2n) is 7.51. The van der Waals surface area contributed by atoms with Crippen molar-refractivity contribution in [3.63, 3.8) is 0 Å².